The van der Waals surface area contributed by atoms with Crippen molar-refractivity contribution < 1.29 is 22.7 Å². The van der Waals surface area contributed by atoms with E-state index in [1.54, 1.807) is 18.2 Å². The van der Waals surface area contributed by atoms with Crippen LogP contribution < -0.4 is 20.1 Å². The highest BCUT2D eigenvalue weighted by Crippen LogP contribution is 2.31. The number of benzene rings is 2. The largest absolute Gasteiger partial charge is 0.495 e. The summed E-state index contributed by atoms with van der Waals surface area (Å²) in [6.07, 6.45) is 4.89. The maximum atomic E-state index is 13.1. The number of hydrogen-bond acceptors (Lipinski definition) is 5. The van der Waals surface area contributed by atoms with E-state index in [9.17, 15) is 18.0 Å². The van der Waals surface area contributed by atoms with Crippen molar-refractivity contribution in [1.29, 1.82) is 0 Å². The van der Waals surface area contributed by atoms with Gasteiger partial charge in [-0.2, -0.15) is 0 Å². The van der Waals surface area contributed by atoms with Gasteiger partial charge in [-0.3, -0.25) is 14.3 Å². The number of aryl methyl sites for hydroxylation is 1. The van der Waals surface area contributed by atoms with Crippen LogP contribution in [0.1, 0.15) is 37.7 Å². The van der Waals surface area contributed by atoms with Gasteiger partial charge in [0.1, 0.15) is 10.6 Å². The van der Waals surface area contributed by atoms with Gasteiger partial charge in [-0.1, -0.05) is 25.3 Å². The number of anilines is 2. The number of amides is 2. The van der Waals surface area contributed by atoms with Gasteiger partial charge < -0.3 is 15.4 Å². The predicted octanol–water partition coefficient (Wildman–Crippen LogP) is 4.20. The summed E-state index contributed by atoms with van der Waals surface area (Å²) in [6, 6.07) is 9.65. The van der Waals surface area contributed by atoms with E-state index in [0.29, 0.717) is 10.2 Å². The highest BCUT2D eigenvalue weighted by Gasteiger charge is 2.23. The first kappa shape index (κ1) is 25.0. The second-order valence-electron chi connectivity index (χ2n) is 8.06. The third-order valence-electron chi connectivity index (χ3n) is 5.50. The number of carbonyl (C=O) groups is 2. The van der Waals surface area contributed by atoms with Gasteiger partial charge in [0, 0.05) is 16.1 Å². The summed E-state index contributed by atoms with van der Waals surface area (Å²) >= 11 is 3.35. The minimum atomic E-state index is -4.02. The van der Waals surface area contributed by atoms with Gasteiger partial charge in [0.15, 0.2) is 0 Å². The van der Waals surface area contributed by atoms with Crippen molar-refractivity contribution in [2.75, 3.05) is 23.7 Å². The van der Waals surface area contributed by atoms with Gasteiger partial charge in [-0.15, -0.1) is 0 Å². The molecule has 0 saturated heterocycles. The Bertz CT molecular complexity index is 1130. The molecule has 1 fully saturated rings. The number of hydrogen-bond donors (Lipinski definition) is 3. The van der Waals surface area contributed by atoms with Crippen LogP contribution in [0, 0.1) is 12.8 Å². The van der Waals surface area contributed by atoms with Crippen molar-refractivity contribution in [2.45, 2.75) is 43.9 Å². The summed E-state index contributed by atoms with van der Waals surface area (Å²) in [6.45, 7) is 1.67. The molecule has 1 aliphatic rings. The van der Waals surface area contributed by atoms with Crippen LogP contribution in [0.2, 0.25) is 0 Å². The highest BCUT2D eigenvalue weighted by atomic mass is 79.9. The summed E-state index contributed by atoms with van der Waals surface area (Å²) in [5.74, 6) is -0.468. The van der Waals surface area contributed by atoms with Crippen molar-refractivity contribution >= 4 is 49.1 Å². The Hall–Kier alpha value is -2.59. The number of sulfonamides is 1. The first-order chi connectivity index (χ1) is 15.7. The number of methoxy groups -OCH3 is 1. The van der Waals surface area contributed by atoms with Gasteiger partial charge in [0.2, 0.25) is 11.8 Å². The Morgan fingerprint density at radius 2 is 1.82 bits per heavy atom. The monoisotopic (exact) mass is 537 g/mol. The molecule has 2 aromatic carbocycles. The molecule has 0 aromatic heterocycles. The molecule has 10 heteroatoms. The topological polar surface area (TPSA) is 114 Å². The fourth-order valence-corrected chi connectivity index (χ4v) is 5.51. The van der Waals surface area contributed by atoms with Crippen LogP contribution in [0.4, 0.5) is 11.4 Å². The van der Waals surface area contributed by atoms with E-state index in [4.69, 9.17) is 4.74 Å². The molecule has 3 N–H and O–H groups in total. The van der Waals surface area contributed by atoms with Crippen LogP contribution in [0.5, 0.6) is 5.75 Å². The lowest BCUT2D eigenvalue weighted by Gasteiger charge is -2.20. The molecule has 0 aliphatic heterocycles. The minimum Gasteiger partial charge on any atom is -0.495 e. The maximum Gasteiger partial charge on any atom is 0.265 e. The van der Waals surface area contributed by atoms with Gasteiger partial charge >= 0.3 is 0 Å². The highest BCUT2D eigenvalue weighted by molar-refractivity contribution is 9.10. The van der Waals surface area contributed by atoms with Gasteiger partial charge in [0.25, 0.3) is 10.0 Å². The number of carbonyl (C=O) groups excluding carboxylic acids is 2. The van der Waals surface area contributed by atoms with Crippen LogP contribution in [-0.2, 0) is 19.6 Å². The van der Waals surface area contributed by atoms with Crippen molar-refractivity contribution in [3.05, 3.63) is 46.4 Å². The zero-order valence-corrected chi connectivity index (χ0v) is 21.0. The summed E-state index contributed by atoms with van der Waals surface area (Å²) in [5, 5.41) is 5.31. The van der Waals surface area contributed by atoms with E-state index in [2.05, 4.69) is 31.3 Å². The standard InChI is InChI=1S/C23H28BrN3O5S/c1-15-8-10-18(24)19(12-15)27-33(30,31)21-13-17(9-11-20(21)32-2)26-22(28)14-25-23(29)16-6-4-3-5-7-16/h8-13,16,27H,3-7,14H2,1-2H3,(H,25,29)(H,26,28). The van der Waals surface area contributed by atoms with Crippen molar-refractivity contribution in [3.8, 4) is 5.75 Å². The average Bonchev–Trinajstić information content (AvgIpc) is 2.80. The molecule has 2 aromatic rings. The molecule has 1 saturated carbocycles. The Balaban J connectivity index is 1.71. The van der Waals surface area contributed by atoms with E-state index in [-0.39, 0.29) is 34.7 Å². The van der Waals surface area contributed by atoms with Gasteiger partial charge in [0.05, 0.1) is 19.3 Å². The lowest BCUT2D eigenvalue weighted by Crippen LogP contribution is -2.37. The summed E-state index contributed by atoms with van der Waals surface area (Å²) < 4.78 is 34.6. The normalized spacial score (nSPS) is 14.4. The minimum absolute atomic E-state index is 0.0451. The van der Waals surface area contributed by atoms with Crippen LogP contribution in [0.3, 0.4) is 0 Å². The average molecular weight is 538 g/mol. The summed E-state index contributed by atoms with van der Waals surface area (Å²) in [7, 11) is -2.65. The third-order valence-corrected chi connectivity index (χ3v) is 7.58. The predicted molar refractivity (Wildman–Crippen MR) is 131 cm³/mol. The molecule has 8 nitrogen and oxygen atoms in total. The molecule has 0 unspecified atom stereocenters. The van der Waals surface area contributed by atoms with Crippen LogP contribution in [-0.4, -0.2) is 33.9 Å². The number of ether oxygens (including phenoxy) is 1. The van der Waals surface area contributed by atoms with Crippen molar-refractivity contribution in [2.24, 2.45) is 5.92 Å². The number of nitrogens with one attached hydrogen (secondary N) is 3. The van der Waals surface area contributed by atoms with Crippen molar-refractivity contribution in [3.63, 3.8) is 0 Å². The lowest BCUT2D eigenvalue weighted by atomic mass is 9.89. The van der Waals surface area contributed by atoms with Crippen LogP contribution >= 0.6 is 15.9 Å². The second kappa shape index (κ2) is 11.0. The molecule has 0 spiro atoms. The SMILES string of the molecule is COc1ccc(NC(=O)CNC(=O)C2CCCCC2)cc1S(=O)(=O)Nc1cc(C)ccc1Br. The molecule has 0 bridgehead atoms. The molecule has 178 valence electrons. The molecule has 1 aliphatic carbocycles. The fourth-order valence-electron chi connectivity index (χ4n) is 3.76. The molecule has 2 amide bonds. The first-order valence-corrected chi connectivity index (χ1v) is 13.0. The summed E-state index contributed by atoms with van der Waals surface area (Å²) in [4.78, 5) is 24.5. The maximum absolute atomic E-state index is 13.1. The van der Waals surface area contributed by atoms with Gasteiger partial charge in [-0.25, -0.2) is 8.42 Å². The molecular weight excluding hydrogens is 510 g/mol. The van der Waals surface area contributed by atoms with E-state index < -0.39 is 15.9 Å². The quantitative estimate of drug-likeness (QED) is 0.466. The van der Waals surface area contributed by atoms with E-state index >= 15 is 0 Å². The molecule has 33 heavy (non-hydrogen) atoms. The molecule has 0 radical (unpaired) electrons. The van der Waals surface area contributed by atoms with E-state index in [1.807, 2.05) is 13.0 Å². The Kier molecular flexibility index (Phi) is 8.36. The Morgan fingerprint density at radius 1 is 1.09 bits per heavy atom. The number of rotatable bonds is 8. The Labute approximate surface area is 202 Å². The van der Waals surface area contributed by atoms with Crippen LogP contribution in [0.25, 0.3) is 0 Å². The molecular formula is C23H28BrN3O5S. The first-order valence-electron chi connectivity index (χ1n) is 10.7. The lowest BCUT2D eigenvalue weighted by molar-refractivity contribution is -0.128. The van der Waals surface area contributed by atoms with Crippen LogP contribution in [0.15, 0.2) is 45.8 Å². The fraction of sp³-hybridized carbons (Fsp3) is 0.391. The molecule has 3 rings (SSSR count). The van der Waals surface area contributed by atoms with E-state index in [0.717, 1.165) is 37.7 Å². The van der Waals surface area contributed by atoms with Crippen molar-refractivity contribution in [1.82, 2.24) is 5.32 Å². The smallest absolute Gasteiger partial charge is 0.265 e. The van der Waals surface area contributed by atoms with Gasteiger partial charge in [-0.05, 0) is 71.6 Å². The second-order valence-corrected chi connectivity index (χ2v) is 10.6. The molecule has 0 heterocycles. The van der Waals surface area contributed by atoms with E-state index in [1.165, 1.54) is 19.2 Å². The number of halogens is 1. The Morgan fingerprint density at radius 3 is 2.52 bits per heavy atom. The third kappa shape index (κ3) is 6.70. The summed E-state index contributed by atoms with van der Waals surface area (Å²) in [5.41, 5.74) is 1.55. The zero-order valence-electron chi connectivity index (χ0n) is 18.6. The molecule has 0 atom stereocenters. The zero-order chi connectivity index (χ0) is 24.0.